The van der Waals surface area contributed by atoms with E-state index in [-0.39, 0.29) is 12.3 Å². The van der Waals surface area contributed by atoms with Crippen molar-refractivity contribution < 1.29 is 19.1 Å². The molecule has 3 amide bonds. The quantitative estimate of drug-likeness (QED) is 0.349. The predicted molar refractivity (Wildman–Crippen MR) is 115 cm³/mol. The summed E-state index contributed by atoms with van der Waals surface area (Å²) in [7, 11) is 1.47. The highest BCUT2D eigenvalue weighted by atomic mass is 79.9. The minimum atomic E-state index is -0.957. The van der Waals surface area contributed by atoms with Crippen LogP contribution in [0.15, 0.2) is 52.0 Å². The van der Waals surface area contributed by atoms with Gasteiger partial charge in [0.2, 0.25) is 5.91 Å². The summed E-state index contributed by atoms with van der Waals surface area (Å²) in [6, 6.07) is 12.3. The molecule has 0 bridgehead atoms. The van der Waals surface area contributed by atoms with Crippen LogP contribution in [0.4, 0.5) is 11.4 Å². The number of benzene rings is 2. The van der Waals surface area contributed by atoms with E-state index in [0.717, 1.165) is 10.0 Å². The Morgan fingerprint density at radius 1 is 1.03 bits per heavy atom. The van der Waals surface area contributed by atoms with Crippen molar-refractivity contribution in [3.05, 3.63) is 52.5 Å². The summed E-state index contributed by atoms with van der Waals surface area (Å²) in [5.74, 6) is -1.72. The van der Waals surface area contributed by atoms with Gasteiger partial charge >= 0.3 is 11.8 Å². The van der Waals surface area contributed by atoms with Crippen molar-refractivity contribution in [2.45, 2.75) is 20.3 Å². The number of amides is 3. The van der Waals surface area contributed by atoms with Crippen molar-refractivity contribution >= 4 is 50.7 Å². The second-order valence-electron chi connectivity index (χ2n) is 6.18. The molecule has 0 saturated heterocycles. The summed E-state index contributed by atoms with van der Waals surface area (Å²) in [5.41, 5.74) is 4.40. The Morgan fingerprint density at radius 3 is 2.38 bits per heavy atom. The Kier molecular flexibility index (Phi) is 7.90. The average molecular weight is 461 g/mol. The number of halogens is 1. The molecule has 0 radical (unpaired) electrons. The van der Waals surface area contributed by atoms with Gasteiger partial charge in [0.05, 0.1) is 19.2 Å². The molecule has 2 rings (SSSR count). The standard InChI is InChI=1S/C20H21BrN4O4/c1-12-4-9-17(29-3)16(10-12)23-19(27)20(28)25-24-13(2)11-18(26)22-15-7-5-14(21)6-8-15/h4-10H,11H2,1-3H3,(H,22,26)(H,23,27)(H,25,28)/b24-13-. The number of carbonyl (C=O) groups is 3. The van der Waals surface area contributed by atoms with Crippen LogP contribution in [0, 0.1) is 6.92 Å². The Hall–Kier alpha value is -3.20. The fraction of sp³-hybridized carbons (Fsp3) is 0.200. The molecule has 0 saturated carbocycles. The molecule has 0 spiro atoms. The Bertz CT molecular complexity index is 942. The molecule has 0 aliphatic carbocycles. The molecule has 0 aromatic heterocycles. The third-order valence-electron chi connectivity index (χ3n) is 3.70. The second-order valence-corrected chi connectivity index (χ2v) is 7.09. The number of hydrazone groups is 1. The van der Waals surface area contributed by atoms with Gasteiger partial charge in [-0.25, -0.2) is 5.43 Å². The van der Waals surface area contributed by atoms with Crippen molar-refractivity contribution in [2.24, 2.45) is 5.10 Å². The Morgan fingerprint density at radius 2 is 1.72 bits per heavy atom. The lowest BCUT2D eigenvalue weighted by Crippen LogP contribution is -2.33. The SMILES string of the molecule is COc1ccc(C)cc1NC(=O)C(=O)N/N=C(/C)CC(=O)Nc1ccc(Br)cc1. The van der Waals surface area contributed by atoms with E-state index in [4.69, 9.17) is 4.74 Å². The van der Waals surface area contributed by atoms with Gasteiger partial charge in [-0.15, -0.1) is 0 Å². The van der Waals surface area contributed by atoms with Gasteiger partial charge in [0.1, 0.15) is 5.75 Å². The summed E-state index contributed by atoms with van der Waals surface area (Å²) in [6.07, 6.45) is -0.0380. The number of hydrogen-bond acceptors (Lipinski definition) is 5. The van der Waals surface area contributed by atoms with Crippen LogP contribution >= 0.6 is 15.9 Å². The molecule has 2 aromatic carbocycles. The highest BCUT2D eigenvalue weighted by Crippen LogP contribution is 2.25. The lowest BCUT2D eigenvalue weighted by atomic mass is 10.2. The van der Waals surface area contributed by atoms with Crippen molar-refractivity contribution in [2.75, 3.05) is 17.7 Å². The lowest BCUT2D eigenvalue weighted by molar-refractivity contribution is -0.136. The smallest absolute Gasteiger partial charge is 0.329 e. The highest BCUT2D eigenvalue weighted by Gasteiger charge is 2.16. The summed E-state index contributed by atoms with van der Waals surface area (Å²) in [4.78, 5) is 36.1. The molecule has 152 valence electrons. The zero-order chi connectivity index (χ0) is 21.4. The zero-order valence-corrected chi connectivity index (χ0v) is 17.8. The van der Waals surface area contributed by atoms with Crippen molar-refractivity contribution in [3.8, 4) is 5.75 Å². The van der Waals surface area contributed by atoms with Gasteiger partial charge in [-0.05, 0) is 55.8 Å². The first kappa shape index (κ1) is 22.1. The van der Waals surface area contributed by atoms with Crippen LogP contribution in [-0.2, 0) is 14.4 Å². The molecule has 0 atom stereocenters. The molecule has 9 heteroatoms. The minimum Gasteiger partial charge on any atom is -0.495 e. The van der Waals surface area contributed by atoms with E-state index in [9.17, 15) is 14.4 Å². The average Bonchev–Trinajstić information content (AvgIpc) is 2.68. The molecule has 0 heterocycles. The van der Waals surface area contributed by atoms with Gasteiger partial charge < -0.3 is 15.4 Å². The number of aryl methyl sites for hydroxylation is 1. The van der Waals surface area contributed by atoms with Crippen LogP contribution in [0.2, 0.25) is 0 Å². The molecular formula is C20H21BrN4O4. The summed E-state index contributed by atoms with van der Waals surface area (Å²) < 4.78 is 6.06. The monoisotopic (exact) mass is 460 g/mol. The van der Waals surface area contributed by atoms with E-state index >= 15 is 0 Å². The van der Waals surface area contributed by atoms with Crippen LogP contribution < -0.4 is 20.8 Å². The Labute approximate surface area is 176 Å². The minimum absolute atomic E-state index is 0.0380. The van der Waals surface area contributed by atoms with Crippen LogP contribution in [-0.4, -0.2) is 30.5 Å². The maximum Gasteiger partial charge on any atom is 0.329 e. The number of ether oxygens (including phenoxy) is 1. The van der Waals surface area contributed by atoms with Crippen LogP contribution in [0.3, 0.4) is 0 Å². The second kappa shape index (κ2) is 10.4. The van der Waals surface area contributed by atoms with Gasteiger partial charge in [0, 0.05) is 15.9 Å². The summed E-state index contributed by atoms with van der Waals surface area (Å²) in [5, 5.41) is 8.99. The fourth-order valence-corrected chi connectivity index (χ4v) is 2.57. The molecular weight excluding hydrogens is 440 g/mol. The van der Waals surface area contributed by atoms with Crippen LogP contribution in [0.25, 0.3) is 0 Å². The zero-order valence-electron chi connectivity index (χ0n) is 16.2. The molecule has 0 aliphatic rings. The van der Waals surface area contributed by atoms with E-state index in [1.165, 1.54) is 7.11 Å². The number of hydrogen-bond donors (Lipinski definition) is 3. The maximum absolute atomic E-state index is 12.1. The van der Waals surface area contributed by atoms with Gasteiger partial charge in [-0.2, -0.15) is 5.10 Å². The molecule has 3 N–H and O–H groups in total. The van der Waals surface area contributed by atoms with E-state index in [2.05, 4.69) is 37.1 Å². The molecule has 8 nitrogen and oxygen atoms in total. The van der Waals surface area contributed by atoms with Gasteiger partial charge in [0.25, 0.3) is 0 Å². The molecule has 0 unspecified atom stereocenters. The van der Waals surface area contributed by atoms with Gasteiger partial charge in [0.15, 0.2) is 0 Å². The Balaban J connectivity index is 1.88. The number of methoxy groups -OCH3 is 1. The first-order chi connectivity index (χ1) is 13.8. The van der Waals surface area contributed by atoms with E-state index in [0.29, 0.717) is 22.8 Å². The van der Waals surface area contributed by atoms with Crippen LogP contribution in [0.5, 0.6) is 5.75 Å². The van der Waals surface area contributed by atoms with Crippen LogP contribution in [0.1, 0.15) is 18.9 Å². The molecule has 29 heavy (non-hydrogen) atoms. The third kappa shape index (κ3) is 7.04. The topological polar surface area (TPSA) is 109 Å². The van der Waals surface area contributed by atoms with Crippen molar-refractivity contribution in [1.29, 1.82) is 0 Å². The number of anilines is 2. The number of carbonyl (C=O) groups excluding carboxylic acids is 3. The first-order valence-electron chi connectivity index (χ1n) is 8.63. The largest absolute Gasteiger partial charge is 0.495 e. The number of rotatable bonds is 6. The summed E-state index contributed by atoms with van der Waals surface area (Å²) >= 11 is 3.32. The fourth-order valence-electron chi connectivity index (χ4n) is 2.31. The number of nitrogens with one attached hydrogen (secondary N) is 3. The van der Waals surface area contributed by atoms with Gasteiger partial charge in [-0.1, -0.05) is 22.0 Å². The highest BCUT2D eigenvalue weighted by molar-refractivity contribution is 9.10. The van der Waals surface area contributed by atoms with E-state index in [1.54, 1.807) is 43.3 Å². The first-order valence-corrected chi connectivity index (χ1v) is 9.42. The third-order valence-corrected chi connectivity index (χ3v) is 4.23. The predicted octanol–water partition coefficient (Wildman–Crippen LogP) is 3.23. The lowest BCUT2D eigenvalue weighted by Gasteiger charge is -2.10. The van der Waals surface area contributed by atoms with Gasteiger partial charge in [-0.3, -0.25) is 14.4 Å². The van der Waals surface area contributed by atoms with E-state index in [1.807, 2.05) is 13.0 Å². The molecule has 2 aromatic rings. The van der Waals surface area contributed by atoms with E-state index < -0.39 is 11.8 Å². The number of nitrogens with zero attached hydrogens (tertiary/aromatic N) is 1. The molecule has 0 fully saturated rings. The normalized spacial score (nSPS) is 10.8. The van der Waals surface area contributed by atoms with Crippen molar-refractivity contribution in [1.82, 2.24) is 5.43 Å². The van der Waals surface area contributed by atoms with Crippen molar-refractivity contribution in [3.63, 3.8) is 0 Å². The molecule has 0 aliphatic heterocycles. The maximum atomic E-state index is 12.1. The summed E-state index contributed by atoms with van der Waals surface area (Å²) in [6.45, 7) is 3.42.